The minimum absolute atomic E-state index is 0.0879. The van der Waals surface area contributed by atoms with E-state index in [1.54, 1.807) is 12.4 Å². The Bertz CT molecular complexity index is 878. The maximum atomic E-state index is 12.4. The van der Waals surface area contributed by atoms with E-state index in [1.165, 1.54) is 16.7 Å². The van der Waals surface area contributed by atoms with Crippen LogP contribution in [-0.4, -0.2) is 17.4 Å². The van der Waals surface area contributed by atoms with Gasteiger partial charge in [-0.15, -0.1) is 0 Å². The van der Waals surface area contributed by atoms with E-state index in [1.807, 2.05) is 36.4 Å². The van der Waals surface area contributed by atoms with Gasteiger partial charge in [0.2, 0.25) is 0 Å². The Morgan fingerprint density at radius 2 is 1.78 bits per heavy atom. The third kappa shape index (κ3) is 5.68. The molecule has 0 radical (unpaired) electrons. The third-order valence-electron chi connectivity index (χ3n) is 4.52. The van der Waals surface area contributed by atoms with E-state index in [-0.39, 0.29) is 5.91 Å². The first kappa shape index (κ1) is 18.6. The van der Waals surface area contributed by atoms with Gasteiger partial charge in [-0.05, 0) is 42.5 Å². The highest BCUT2D eigenvalue weighted by Gasteiger charge is 2.07. The van der Waals surface area contributed by atoms with E-state index in [4.69, 9.17) is 0 Å². The third-order valence-corrected chi connectivity index (χ3v) is 4.52. The minimum Gasteiger partial charge on any atom is -0.380 e. The molecule has 1 aromatic heterocycles. The summed E-state index contributed by atoms with van der Waals surface area (Å²) in [7, 11) is 0. The molecule has 138 valence electrons. The lowest BCUT2D eigenvalue weighted by atomic mass is 10.1. The monoisotopic (exact) mass is 359 g/mol. The van der Waals surface area contributed by atoms with Gasteiger partial charge in [-0.3, -0.25) is 9.78 Å². The number of nitrogens with one attached hydrogen (secondary N) is 2. The van der Waals surface area contributed by atoms with Crippen LogP contribution < -0.4 is 10.6 Å². The minimum atomic E-state index is -0.0879. The lowest BCUT2D eigenvalue weighted by molar-refractivity contribution is 0.0953. The van der Waals surface area contributed by atoms with Crippen LogP contribution in [-0.2, 0) is 13.0 Å². The standard InChI is InChI=1S/C23H25N3O/c1-18-8-5-6-12-20(18)16-26-22-14-21(15-24-17-22)23(27)25-13-7-11-19-9-3-2-4-10-19/h2-6,8-10,12,14-15,17,26H,7,11,13,16H2,1H3,(H,25,27). The molecular formula is C23H25N3O. The fourth-order valence-electron chi connectivity index (χ4n) is 2.91. The maximum Gasteiger partial charge on any atom is 0.252 e. The fourth-order valence-corrected chi connectivity index (χ4v) is 2.91. The van der Waals surface area contributed by atoms with Crippen LogP contribution in [0.15, 0.2) is 73.1 Å². The van der Waals surface area contributed by atoms with Gasteiger partial charge in [0.1, 0.15) is 0 Å². The van der Waals surface area contributed by atoms with Crippen LogP contribution in [0.5, 0.6) is 0 Å². The van der Waals surface area contributed by atoms with Gasteiger partial charge in [-0.2, -0.15) is 0 Å². The zero-order chi connectivity index (χ0) is 18.9. The van der Waals surface area contributed by atoms with Crippen molar-refractivity contribution in [1.82, 2.24) is 10.3 Å². The number of hydrogen-bond acceptors (Lipinski definition) is 3. The number of benzene rings is 2. The van der Waals surface area contributed by atoms with Crippen LogP contribution in [0.4, 0.5) is 5.69 Å². The molecule has 27 heavy (non-hydrogen) atoms. The van der Waals surface area contributed by atoms with Gasteiger partial charge >= 0.3 is 0 Å². The van der Waals surface area contributed by atoms with Gasteiger partial charge in [-0.25, -0.2) is 0 Å². The molecule has 4 nitrogen and oxygen atoms in total. The summed E-state index contributed by atoms with van der Waals surface area (Å²) >= 11 is 0. The number of aryl methyl sites for hydroxylation is 2. The first-order valence-corrected chi connectivity index (χ1v) is 9.28. The number of anilines is 1. The van der Waals surface area contributed by atoms with E-state index in [0.717, 1.165) is 18.5 Å². The van der Waals surface area contributed by atoms with E-state index < -0.39 is 0 Å². The molecule has 3 rings (SSSR count). The first-order chi connectivity index (χ1) is 13.2. The van der Waals surface area contributed by atoms with Crippen molar-refractivity contribution in [2.45, 2.75) is 26.3 Å². The van der Waals surface area contributed by atoms with E-state index in [2.05, 4.69) is 46.8 Å². The summed E-state index contributed by atoms with van der Waals surface area (Å²) in [6.45, 7) is 3.44. The molecule has 0 unspecified atom stereocenters. The Hall–Kier alpha value is -3.14. The summed E-state index contributed by atoms with van der Waals surface area (Å²) in [6.07, 6.45) is 5.21. The average molecular weight is 359 g/mol. The lowest BCUT2D eigenvalue weighted by Crippen LogP contribution is -2.25. The summed E-state index contributed by atoms with van der Waals surface area (Å²) < 4.78 is 0. The fraction of sp³-hybridized carbons (Fsp3) is 0.217. The SMILES string of the molecule is Cc1ccccc1CNc1cncc(C(=O)NCCCc2ccccc2)c1. The highest BCUT2D eigenvalue weighted by Crippen LogP contribution is 2.13. The molecule has 2 N–H and O–H groups in total. The van der Waals surface area contributed by atoms with Gasteiger partial charge in [0, 0.05) is 25.5 Å². The Morgan fingerprint density at radius 1 is 1.00 bits per heavy atom. The van der Waals surface area contributed by atoms with E-state index >= 15 is 0 Å². The summed E-state index contributed by atoms with van der Waals surface area (Å²) in [5, 5.41) is 6.32. The van der Waals surface area contributed by atoms with Gasteiger partial charge in [0.05, 0.1) is 11.3 Å². The van der Waals surface area contributed by atoms with Gasteiger partial charge in [0.15, 0.2) is 0 Å². The Labute approximate surface area is 160 Å². The number of amides is 1. The molecule has 0 aliphatic carbocycles. The Kier molecular flexibility index (Phi) is 6.58. The van der Waals surface area contributed by atoms with Crippen LogP contribution in [0.3, 0.4) is 0 Å². The number of hydrogen-bond donors (Lipinski definition) is 2. The molecule has 0 spiro atoms. The van der Waals surface area contributed by atoms with Gasteiger partial charge < -0.3 is 10.6 Å². The summed E-state index contributed by atoms with van der Waals surface area (Å²) in [4.78, 5) is 16.6. The molecule has 1 heterocycles. The second kappa shape index (κ2) is 9.53. The largest absolute Gasteiger partial charge is 0.380 e. The van der Waals surface area contributed by atoms with Crippen LogP contribution in [0.1, 0.15) is 33.5 Å². The Morgan fingerprint density at radius 3 is 2.59 bits per heavy atom. The first-order valence-electron chi connectivity index (χ1n) is 9.28. The topological polar surface area (TPSA) is 54.0 Å². The summed E-state index contributed by atoms with van der Waals surface area (Å²) in [6, 6.07) is 20.4. The highest BCUT2D eigenvalue weighted by atomic mass is 16.1. The van der Waals surface area contributed by atoms with Crippen molar-refractivity contribution in [2.75, 3.05) is 11.9 Å². The van der Waals surface area contributed by atoms with Crippen molar-refractivity contribution >= 4 is 11.6 Å². The van der Waals surface area contributed by atoms with Crippen molar-refractivity contribution in [1.29, 1.82) is 0 Å². The van der Waals surface area contributed by atoms with E-state index in [9.17, 15) is 4.79 Å². The molecule has 0 fully saturated rings. The molecular weight excluding hydrogens is 334 g/mol. The highest BCUT2D eigenvalue weighted by molar-refractivity contribution is 5.94. The van der Waals surface area contributed by atoms with Crippen molar-refractivity contribution in [3.63, 3.8) is 0 Å². The van der Waals surface area contributed by atoms with Gasteiger partial charge in [-0.1, -0.05) is 54.6 Å². The number of rotatable bonds is 8. The van der Waals surface area contributed by atoms with Crippen molar-refractivity contribution in [3.05, 3.63) is 95.3 Å². The smallest absolute Gasteiger partial charge is 0.252 e. The zero-order valence-electron chi connectivity index (χ0n) is 15.6. The van der Waals surface area contributed by atoms with Crippen LogP contribution in [0, 0.1) is 6.92 Å². The molecule has 2 aromatic carbocycles. The second-order valence-corrected chi connectivity index (χ2v) is 6.59. The molecule has 0 aliphatic heterocycles. The lowest BCUT2D eigenvalue weighted by Gasteiger charge is -2.10. The predicted molar refractivity (Wildman–Crippen MR) is 110 cm³/mol. The van der Waals surface area contributed by atoms with Gasteiger partial charge in [0.25, 0.3) is 5.91 Å². The molecule has 1 amide bonds. The molecule has 0 saturated carbocycles. The maximum absolute atomic E-state index is 12.4. The summed E-state index contributed by atoms with van der Waals surface area (Å²) in [5.74, 6) is -0.0879. The molecule has 0 atom stereocenters. The molecule has 3 aromatic rings. The number of nitrogens with zero attached hydrogens (tertiary/aromatic N) is 1. The quantitative estimate of drug-likeness (QED) is 0.588. The Balaban J connectivity index is 1.49. The van der Waals surface area contributed by atoms with Crippen molar-refractivity contribution in [3.8, 4) is 0 Å². The molecule has 0 aliphatic rings. The second-order valence-electron chi connectivity index (χ2n) is 6.59. The predicted octanol–water partition coefficient (Wildman–Crippen LogP) is 4.36. The molecule has 0 bridgehead atoms. The normalized spacial score (nSPS) is 10.4. The molecule has 4 heteroatoms. The number of carbonyl (C=O) groups is 1. The molecule has 0 saturated heterocycles. The van der Waals surface area contributed by atoms with Crippen molar-refractivity contribution < 1.29 is 4.79 Å². The summed E-state index contributed by atoms with van der Waals surface area (Å²) in [5.41, 5.74) is 5.18. The number of pyridine rings is 1. The number of aromatic nitrogens is 1. The zero-order valence-corrected chi connectivity index (χ0v) is 15.6. The van der Waals surface area contributed by atoms with E-state index in [0.29, 0.717) is 18.7 Å². The van der Waals surface area contributed by atoms with Crippen LogP contribution in [0.2, 0.25) is 0 Å². The number of carbonyl (C=O) groups excluding carboxylic acids is 1. The average Bonchev–Trinajstić information content (AvgIpc) is 2.71. The van der Waals surface area contributed by atoms with Crippen LogP contribution in [0.25, 0.3) is 0 Å². The van der Waals surface area contributed by atoms with Crippen molar-refractivity contribution in [2.24, 2.45) is 0 Å². The van der Waals surface area contributed by atoms with Crippen LogP contribution >= 0.6 is 0 Å².